The molecule has 0 unspecified atom stereocenters. The van der Waals surface area contributed by atoms with Crippen molar-refractivity contribution < 1.29 is 19.4 Å². The van der Waals surface area contributed by atoms with E-state index in [1.165, 1.54) is 11.3 Å². The van der Waals surface area contributed by atoms with Gasteiger partial charge in [0.25, 0.3) is 0 Å². The second kappa shape index (κ2) is 5.72. The van der Waals surface area contributed by atoms with E-state index in [1.807, 2.05) is 20.8 Å². The molecule has 2 bridgehead atoms. The van der Waals surface area contributed by atoms with E-state index in [0.29, 0.717) is 0 Å². The van der Waals surface area contributed by atoms with Crippen molar-refractivity contribution in [1.82, 2.24) is 10.3 Å². The third kappa shape index (κ3) is 3.27. The highest BCUT2D eigenvalue weighted by Gasteiger charge is 2.51. The monoisotopic (exact) mass is 352 g/mol. The molecule has 0 radical (unpaired) electrons. The molecule has 132 valence electrons. The average molecular weight is 352 g/mol. The van der Waals surface area contributed by atoms with E-state index in [1.54, 1.807) is 5.38 Å². The Kier molecular flexibility index (Phi) is 4.10. The van der Waals surface area contributed by atoms with Crippen LogP contribution in [0, 0.1) is 0 Å². The maximum Gasteiger partial charge on any atom is 0.408 e. The van der Waals surface area contributed by atoms with Crippen molar-refractivity contribution in [3.63, 3.8) is 0 Å². The topological polar surface area (TPSA) is 88.5 Å². The first-order chi connectivity index (χ1) is 11.1. The third-order valence-electron chi connectivity index (χ3n) is 5.19. The number of carbonyl (C=O) groups excluding carboxylic acids is 1. The second-order valence-corrected chi connectivity index (χ2v) is 8.89. The Morgan fingerprint density at radius 2 is 1.79 bits per heavy atom. The van der Waals surface area contributed by atoms with Gasteiger partial charge in [0.05, 0.1) is 5.01 Å². The van der Waals surface area contributed by atoms with Crippen LogP contribution in [-0.2, 0) is 10.2 Å². The molecule has 3 saturated carbocycles. The molecule has 3 aliphatic rings. The van der Waals surface area contributed by atoms with Crippen LogP contribution in [0.15, 0.2) is 5.38 Å². The lowest BCUT2D eigenvalue weighted by atomic mass is 9.57. The molecule has 0 aliphatic heterocycles. The SMILES string of the molecule is CC(C)(C)OC(=O)NC12CCC(c3nc(C(=O)O)cs3)(CC1)CC2. The fraction of sp³-hybridized carbons (Fsp3) is 0.706. The molecule has 3 fully saturated rings. The Morgan fingerprint density at radius 3 is 2.25 bits per heavy atom. The first-order valence-electron chi connectivity index (χ1n) is 8.34. The number of aromatic nitrogens is 1. The minimum atomic E-state index is -0.971. The van der Waals surface area contributed by atoms with E-state index < -0.39 is 11.6 Å². The zero-order valence-electron chi connectivity index (χ0n) is 14.3. The number of carboxylic acid groups (broad SMARTS) is 1. The van der Waals surface area contributed by atoms with E-state index in [4.69, 9.17) is 9.84 Å². The van der Waals surface area contributed by atoms with Gasteiger partial charge in [-0.3, -0.25) is 0 Å². The number of nitrogens with one attached hydrogen (secondary N) is 1. The largest absolute Gasteiger partial charge is 0.476 e. The molecule has 0 saturated heterocycles. The number of carbonyl (C=O) groups is 2. The number of amides is 1. The molecule has 1 aromatic rings. The normalized spacial score (nSPS) is 29.3. The van der Waals surface area contributed by atoms with Gasteiger partial charge in [-0.05, 0) is 59.3 Å². The number of alkyl carbamates (subject to hydrolysis) is 1. The van der Waals surface area contributed by atoms with E-state index in [2.05, 4.69) is 10.3 Å². The number of nitrogens with zero attached hydrogens (tertiary/aromatic N) is 1. The molecule has 1 amide bonds. The highest BCUT2D eigenvalue weighted by Crippen LogP contribution is 2.54. The quantitative estimate of drug-likeness (QED) is 0.866. The summed E-state index contributed by atoms with van der Waals surface area (Å²) in [6.07, 6.45) is 5.08. The van der Waals surface area contributed by atoms with Crippen molar-refractivity contribution in [2.75, 3.05) is 0 Å². The summed E-state index contributed by atoms with van der Waals surface area (Å²) in [6.45, 7) is 5.58. The third-order valence-corrected chi connectivity index (χ3v) is 6.28. The number of ether oxygens (including phenoxy) is 1. The molecule has 1 heterocycles. The Labute approximate surface area is 145 Å². The van der Waals surface area contributed by atoms with E-state index >= 15 is 0 Å². The molecule has 4 rings (SSSR count). The van der Waals surface area contributed by atoms with Gasteiger partial charge in [-0.2, -0.15) is 0 Å². The van der Waals surface area contributed by atoms with Gasteiger partial charge in [0.2, 0.25) is 0 Å². The van der Waals surface area contributed by atoms with Gasteiger partial charge in [-0.15, -0.1) is 11.3 Å². The maximum atomic E-state index is 12.1. The van der Waals surface area contributed by atoms with Crippen molar-refractivity contribution in [2.45, 2.75) is 75.9 Å². The zero-order valence-corrected chi connectivity index (χ0v) is 15.2. The first-order valence-corrected chi connectivity index (χ1v) is 9.22. The van der Waals surface area contributed by atoms with Gasteiger partial charge in [-0.25, -0.2) is 14.6 Å². The smallest absolute Gasteiger partial charge is 0.408 e. The average Bonchev–Trinajstić information content (AvgIpc) is 2.97. The van der Waals surface area contributed by atoms with Crippen LogP contribution in [0.25, 0.3) is 0 Å². The van der Waals surface area contributed by atoms with Gasteiger partial charge >= 0.3 is 12.1 Å². The van der Waals surface area contributed by atoms with Gasteiger partial charge in [0, 0.05) is 16.3 Å². The highest BCUT2D eigenvalue weighted by atomic mass is 32.1. The lowest BCUT2D eigenvalue weighted by Gasteiger charge is -2.52. The molecule has 3 aliphatic carbocycles. The number of fused-ring (bicyclic) bond motifs is 3. The second-order valence-electron chi connectivity index (χ2n) is 8.03. The lowest BCUT2D eigenvalue weighted by molar-refractivity contribution is 0.0258. The van der Waals surface area contributed by atoms with Crippen molar-refractivity contribution in [3.05, 3.63) is 16.1 Å². The van der Waals surface area contributed by atoms with Crippen molar-refractivity contribution in [3.8, 4) is 0 Å². The fourth-order valence-corrected chi connectivity index (χ4v) is 4.91. The molecule has 1 aromatic heterocycles. The van der Waals surface area contributed by atoms with Crippen molar-refractivity contribution in [1.29, 1.82) is 0 Å². The minimum Gasteiger partial charge on any atom is -0.476 e. The minimum absolute atomic E-state index is 0.0181. The number of hydrogen-bond donors (Lipinski definition) is 2. The summed E-state index contributed by atoms with van der Waals surface area (Å²) in [6, 6.07) is 0. The van der Waals surface area contributed by atoms with Gasteiger partial charge in [-0.1, -0.05) is 0 Å². The summed E-state index contributed by atoms with van der Waals surface area (Å²) >= 11 is 1.45. The molecule has 0 atom stereocenters. The highest BCUT2D eigenvalue weighted by molar-refractivity contribution is 7.10. The van der Waals surface area contributed by atoms with E-state index in [-0.39, 0.29) is 22.7 Å². The summed E-state index contributed by atoms with van der Waals surface area (Å²) in [5.41, 5.74) is -0.562. The molecule has 24 heavy (non-hydrogen) atoms. The van der Waals surface area contributed by atoms with Crippen LogP contribution in [-0.4, -0.2) is 33.3 Å². The Morgan fingerprint density at radius 1 is 1.21 bits per heavy atom. The number of rotatable bonds is 3. The summed E-state index contributed by atoms with van der Waals surface area (Å²) < 4.78 is 5.40. The van der Waals surface area contributed by atoms with Crippen molar-refractivity contribution in [2.24, 2.45) is 0 Å². The predicted molar refractivity (Wildman–Crippen MR) is 90.6 cm³/mol. The summed E-state index contributed by atoms with van der Waals surface area (Å²) in [5, 5.41) is 14.7. The van der Waals surface area contributed by atoms with Crippen LogP contribution in [0.4, 0.5) is 4.79 Å². The Hall–Kier alpha value is -1.63. The van der Waals surface area contributed by atoms with Gasteiger partial charge in [0.1, 0.15) is 5.60 Å². The van der Waals surface area contributed by atoms with E-state index in [0.717, 1.165) is 43.5 Å². The molecule has 6 nitrogen and oxygen atoms in total. The Balaban J connectivity index is 1.68. The standard InChI is InChI=1S/C17H24N2O4S/c1-15(2,3)23-14(22)19-17-7-4-16(5-8-17,6-9-17)13-18-11(10-24-13)12(20)21/h10H,4-9H2,1-3H3,(H,19,22)(H,20,21). The summed E-state index contributed by atoms with van der Waals surface area (Å²) in [5.74, 6) is -0.971. The molecule has 0 spiro atoms. The molecular formula is C17H24N2O4S. The number of thiazole rings is 1. The number of hydrogen-bond acceptors (Lipinski definition) is 5. The Bertz CT molecular complexity index is 637. The molecular weight excluding hydrogens is 328 g/mol. The summed E-state index contributed by atoms with van der Waals surface area (Å²) in [4.78, 5) is 27.5. The molecule has 2 N–H and O–H groups in total. The summed E-state index contributed by atoms with van der Waals surface area (Å²) in [7, 11) is 0. The number of aromatic carboxylic acids is 1. The molecule has 7 heteroatoms. The maximum absolute atomic E-state index is 12.1. The van der Waals surface area contributed by atoms with Crippen LogP contribution in [0.3, 0.4) is 0 Å². The lowest BCUT2D eigenvalue weighted by Crippen LogP contribution is -2.58. The number of carboxylic acids is 1. The van der Waals surface area contributed by atoms with Crippen LogP contribution < -0.4 is 5.32 Å². The zero-order chi connectivity index (χ0) is 17.6. The van der Waals surface area contributed by atoms with Crippen LogP contribution in [0.1, 0.15) is 74.8 Å². The van der Waals surface area contributed by atoms with Crippen LogP contribution >= 0.6 is 11.3 Å². The fourth-order valence-electron chi connectivity index (χ4n) is 3.83. The molecule has 0 aromatic carbocycles. The van der Waals surface area contributed by atoms with Crippen molar-refractivity contribution >= 4 is 23.4 Å². The van der Waals surface area contributed by atoms with E-state index in [9.17, 15) is 9.59 Å². The van der Waals surface area contributed by atoms with Crippen LogP contribution in [0.2, 0.25) is 0 Å². The van der Waals surface area contributed by atoms with Gasteiger partial charge < -0.3 is 15.2 Å². The van der Waals surface area contributed by atoms with Crippen LogP contribution in [0.5, 0.6) is 0 Å². The van der Waals surface area contributed by atoms with Gasteiger partial charge in [0.15, 0.2) is 5.69 Å². The predicted octanol–water partition coefficient (Wildman–Crippen LogP) is 3.71. The first kappa shape index (κ1) is 17.2.